The number of halogens is 2. The lowest BCUT2D eigenvalue weighted by Crippen LogP contribution is -2.41. The van der Waals surface area contributed by atoms with Crippen molar-refractivity contribution < 1.29 is 15.0 Å². The van der Waals surface area contributed by atoms with Gasteiger partial charge in [0.2, 0.25) is 0 Å². The predicted octanol–water partition coefficient (Wildman–Crippen LogP) is 3.94. The molecule has 1 saturated carbocycles. The lowest BCUT2D eigenvalue weighted by Gasteiger charge is -2.35. The Kier molecular flexibility index (Phi) is 5.33. The van der Waals surface area contributed by atoms with E-state index >= 15 is 0 Å². The van der Waals surface area contributed by atoms with Gasteiger partial charge in [-0.2, -0.15) is 0 Å². The maximum Gasteiger partial charge on any atom is 0.306 e. The van der Waals surface area contributed by atoms with Crippen LogP contribution in [0.25, 0.3) is 0 Å². The molecule has 0 unspecified atom stereocenters. The number of hydrogen-bond acceptors (Lipinski definition) is 3. The van der Waals surface area contributed by atoms with Crippen molar-refractivity contribution in [2.45, 2.75) is 38.2 Å². The minimum absolute atomic E-state index is 0.317. The highest BCUT2D eigenvalue weighted by Crippen LogP contribution is 2.36. The molecule has 0 amide bonds. The third-order valence-electron chi connectivity index (χ3n) is 4.05. The van der Waals surface area contributed by atoms with Gasteiger partial charge in [0.15, 0.2) is 0 Å². The van der Waals surface area contributed by atoms with Crippen LogP contribution in [0.2, 0.25) is 0 Å². The van der Waals surface area contributed by atoms with Crippen LogP contribution in [0.15, 0.2) is 21.1 Å². The van der Waals surface area contributed by atoms with E-state index in [4.69, 9.17) is 5.11 Å². The highest BCUT2D eigenvalue weighted by Gasteiger charge is 2.35. The van der Waals surface area contributed by atoms with Crippen molar-refractivity contribution in [1.29, 1.82) is 0 Å². The number of rotatable bonds is 4. The van der Waals surface area contributed by atoms with Crippen LogP contribution >= 0.6 is 31.9 Å². The molecule has 1 aliphatic carbocycles. The zero-order chi connectivity index (χ0) is 15.6. The molecule has 3 N–H and O–H groups in total. The lowest BCUT2D eigenvalue weighted by atomic mass is 9.79. The Morgan fingerprint density at radius 2 is 1.86 bits per heavy atom. The summed E-state index contributed by atoms with van der Waals surface area (Å²) in [5.74, 6) is -1.07. The second-order valence-electron chi connectivity index (χ2n) is 5.79. The van der Waals surface area contributed by atoms with E-state index in [-0.39, 0.29) is 5.92 Å². The summed E-state index contributed by atoms with van der Waals surface area (Å²) in [6.45, 7) is 2.43. The molecule has 1 aromatic carbocycles. The summed E-state index contributed by atoms with van der Waals surface area (Å²) in [6, 6.07) is 4.02. The number of aliphatic hydroxyl groups is 1. The Morgan fingerprint density at radius 3 is 2.33 bits per heavy atom. The molecule has 1 fully saturated rings. The Labute approximate surface area is 141 Å². The molecule has 0 spiro atoms. The summed E-state index contributed by atoms with van der Waals surface area (Å²) in [5, 5.41) is 22.9. The molecule has 0 radical (unpaired) electrons. The summed E-state index contributed by atoms with van der Waals surface area (Å²) < 4.78 is 1.88. The van der Waals surface area contributed by atoms with Crippen LogP contribution in [0.1, 0.15) is 31.2 Å². The highest BCUT2D eigenvalue weighted by atomic mass is 79.9. The van der Waals surface area contributed by atoms with Crippen molar-refractivity contribution in [2.75, 3.05) is 11.9 Å². The number of carboxylic acids is 1. The first-order valence-corrected chi connectivity index (χ1v) is 8.54. The van der Waals surface area contributed by atoms with Crippen LogP contribution in [-0.2, 0) is 4.79 Å². The number of aryl methyl sites for hydroxylation is 1. The van der Waals surface area contributed by atoms with Gasteiger partial charge in [-0.15, -0.1) is 0 Å². The van der Waals surface area contributed by atoms with E-state index in [1.54, 1.807) is 0 Å². The van der Waals surface area contributed by atoms with Gasteiger partial charge >= 0.3 is 5.97 Å². The van der Waals surface area contributed by atoms with E-state index in [1.165, 1.54) is 0 Å². The summed E-state index contributed by atoms with van der Waals surface area (Å²) in [5.41, 5.74) is 1.21. The van der Waals surface area contributed by atoms with Gasteiger partial charge in [-0.3, -0.25) is 4.79 Å². The third-order valence-corrected chi connectivity index (χ3v) is 5.30. The van der Waals surface area contributed by atoms with Crippen molar-refractivity contribution in [3.63, 3.8) is 0 Å². The molecule has 1 aliphatic rings. The monoisotopic (exact) mass is 419 g/mol. The fourth-order valence-electron chi connectivity index (χ4n) is 2.70. The Balaban J connectivity index is 1.99. The van der Waals surface area contributed by atoms with Crippen LogP contribution in [0.5, 0.6) is 0 Å². The molecule has 116 valence electrons. The standard InChI is InChI=1S/C15H19Br2NO3/c1-9-6-11(16)13(12(17)7-9)18-8-15(21)4-2-10(3-5-15)14(19)20/h6-7,10,18,21H,2-5,8H2,1H3,(H,19,20). The highest BCUT2D eigenvalue weighted by molar-refractivity contribution is 9.11. The van der Waals surface area contributed by atoms with E-state index in [9.17, 15) is 9.90 Å². The second kappa shape index (κ2) is 6.67. The predicted molar refractivity (Wildman–Crippen MR) is 89.6 cm³/mol. The maximum atomic E-state index is 11.0. The summed E-state index contributed by atoms with van der Waals surface area (Å²) in [6.07, 6.45) is 2.09. The zero-order valence-corrected chi connectivity index (χ0v) is 15.0. The number of anilines is 1. The van der Waals surface area contributed by atoms with Gasteiger partial charge in [-0.1, -0.05) is 0 Å². The number of aliphatic carboxylic acids is 1. The average Bonchev–Trinajstić information content (AvgIpc) is 2.37. The van der Waals surface area contributed by atoms with Gasteiger partial charge < -0.3 is 15.5 Å². The van der Waals surface area contributed by atoms with Crippen molar-refractivity contribution in [1.82, 2.24) is 0 Å². The van der Waals surface area contributed by atoms with Crippen molar-refractivity contribution in [3.05, 3.63) is 26.6 Å². The largest absolute Gasteiger partial charge is 0.481 e. The van der Waals surface area contributed by atoms with E-state index in [0.29, 0.717) is 32.2 Å². The van der Waals surface area contributed by atoms with Crippen LogP contribution in [0, 0.1) is 12.8 Å². The summed E-state index contributed by atoms with van der Waals surface area (Å²) >= 11 is 7.03. The van der Waals surface area contributed by atoms with Crippen LogP contribution < -0.4 is 5.32 Å². The first kappa shape index (κ1) is 16.8. The number of benzene rings is 1. The number of carbonyl (C=O) groups is 1. The topological polar surface area (TPSA) is 69.6 Å². The quantitative estimate of drug-likeness (QED) is 0.689. The molecular formula is C15H19Br2NO3. The number of carboxylic acid groups (broad SMARTS) is 1. The molecule has 0 aliphatic heterocycles. The molecule has 0 atom stereocenters. The van der Waals surface area contributed by atoms with Crippen molar-refractivity contribution >= 4 is 43.5 Å². The van der Waals surface area contributed by atoms with E-state index in [0.717, 1.165) is 20.2 Å². The molecule has 21 heavy (non-hydrogen) atoms. The summed E-state index contributed by atoms with van der Waals surface area (Å²) in [7, 11) is 0. The van der Waals surface area contributed by atoms with Crippen LogP contribution in [0.3, 0.4) is 0 Å². The molecule has 6 heteroatoms. The van der Waals surface area contributed by atoms with Gasteiger partial charge in [0.25, 0.3) is 0 Å². The lowest BCUT2D eigenvalue weighted by molar-refractivity contribution is -0.144. The average molecular weight is 421 g/mol. The molecule has 0 bridgehead atoms. The normalized spacial score (nSPS) is 25.6. The molecule has 1 aromatic rings. The molecule has 0 aromatic heterocycles. The third kappa shape index (κ3) is 4.20. The Hall–Kier alpha value is -0.590. The van der Waals surface area contributed by atoms with Crippen molar-refractivity contribution in [2.24, 2.45) is 5.92 Å². The molecule has 2 rings (SSSR count). The fourth-order valence-corrected chi connectivity index (χ4v) is 4.40. The molecule has 4 nitrogen and oxygen atoms in total. The second-order valence-corrected chi connectivity index (χ2v) is 7.50. The number of nitrogens with one attached hydrogen (secondary N) is 1. The zero-order valence-electron chi connectivity index (χ0n) is 11.8. The van der Waals surface area contributed by atoms with Gasteiger partial charge in [0.05, 0.1) is 17.2 Å². The van der Waals surface area contributed by atoms with Crippen molar-refractivity contribution in [3.8, 4) is 0 Å². The first-order valence-electron chi connectivity index (χ1n) is 6.95. The van der Waals surface area contributed by atoms with Gasteiger partial charge in [-0.05, 0) is 82.2 Å². The van der Waals surface area contributed by atoms with Gasteiger partial charge in [0.1, 0.15) is 0 Å². The Morgan fingerprint density at radius 1 is 1.33 bits per heavy atom. The molecule has 0 saturated heterocycles. The smallest absolute Gasteiger partial charge is 0.306 e. The summed E-state index contributed by atoms with van der Waals surface area (Å²) in [4.78, 5) is 11.0. The van der Waals surface area contributed by atoms with Gasteiger partial charge in [-0.25, -0.2) is 0 Å². The molecule has 0 heterocycles. The molecular weight excluding hydrogens is 402 g/mol. The van der Waals surface area contributed by atoms with E-state index in [1.807, 2.05) is 19.1 Å². The minimum Gasteiger partial charge on any atom is -0.481 e. The van der Waals surface area contributed by atoms with E-state index < -0.39 is 11.6 Å². The van der Waals surface area contributed by atoms with E-state index in [2.05, 4.69) is 37.2 Å². The SMILES string of the molecule is Cc1cc(Br)c(NCC2(O)CCC(C(=O)O)CC2)c(Br)c1. The maximum absolute atomic E-state index is 11.0. The van der Waals surface area contributed by atoms with Gasteiger partial charge in [0, 0.05) is 15.5 Å². The minimum atomic E-state index is -0.838. The fraction of sp³-hybridized carbons (Fsp3) is 0.533. The van der Waals surface area contributed by atoms with Crippen LogP contribution in [-0.4, -0.2) is 28.3 Å². The number of hydrogen-bond donors (Lipinski definition) is 3. The van der Waals surface area contributed by atoms with Crippen LogP contribution in [0.4, 0.5) is 5.69 Å². The first-order chi connectivity index (χ1) is 9.81. The Bertz CT molecular complexity index is 517.